The first-order valence-corrected chi connectivity index (χ1v) is 15.5. The predicted octanol–water partition coefficient (Wildman–Crippen LogP) is 10.5. The van der Waals surface area contributed by atoms with Crippen LogP contribution in [0.15, 0.2) is 59.1 Å². The molecule has 0 radical (unpaired) electrons. The van der Waals surface area contributed by atoms with E-state index in [4.69, 9.17) is 6.42 Å². The molecule has 14 heteroatoms. The fraction of sp³-hybridized carbons (Fsp3) is 0.214. The van der Waals surface area contributed by atoms with Crippen molar-refractivity contribution in [3.63, 3.8) is 0 Å². The maximum atomic E-state index is 13.2. The van der Waals surface area contributed by atoms with E-state index in [2.05, 4.69) is 27.4 Å². The van der Waals surface area contributed by atoms with Gasteiger partial charge in [0.15, 0.2) is 0 Å². The zero-order valence-electron chi connectivity index (χ0n) is 21.7. The van der Waals surface area contributed by atoms with Crippen molar-refractivity contribution in [3.05, 3.63) is 104 Å². The first kappa shape index (κ1) is 36.7. The molecule has 0 aliphatic carbocycles. The third-order valence-electron chi connectivity index (χ3n) is 4.57. The highest BCUT2D eigenvalue weighted by atomic mass is 79.9. The molecule has 42 heavy (non-hydrogen) atoms. The summed E-state index contributed by atoms with van der Waals surface area (Å²) in [7, 11) is -1.79. The van der Waals surface area contributed by atoms with Crippen LogP contribution in [0.5, 0.6) is 0 Å². The molecule has 3 rings (SSSR count). The van der Waals surface area contributed by atoms with Gasteiger partial charge in [0.2, 0.25) is 0 Å². The molecule has 0 aliphatic heterocycles. The van der Waals surface area contributed by atoms with E-state index in [9.17, 15) is 52.7 Å². The van der Waals surface area contributed by atoms with Gasteiger partial charge in [0.25, 0.3) is 0 Å². The van der Waals surface area contributed by atoms with Gasteiger partial charge >= 0.3 is 18.5 Å². The smallest absolute Gasteiger partial charge is 0.206 e. The Kier molecular flexibility index (Phi) is 12.4. The van der Waals surface area contributed by atoms with E-state index in [1.165, 1.54) is 18.2 Å². The average molecular weight is 691 g/mol. The number of alkyl halides is 9. The minimum absolute atomic E-state index is 0.282. The fourth-order valence-electron chi connectivity index (χ4n) is 2.87. The number of rotatable bonds is 0. The lowest BCUT2D eigenvalue weighted by Crippen LogP contribution is -2.17. The summed E-state index contributed by atoms with van der Waals surface area (Å²) in [5.74, 6) is 0.346. The molecule has 0 fully saturated rings. The second-order valence-corrected chi connectivity index (χ2v) is 14.7. The van der Waals surface area contributed by atoms with Gasteiger partial charge in [0.1, 0.15) is 42.2 Å². The predicted molar refractivity (Wildman–Crippen MR) is 140 cm³/mol. The van der Waals surface area contributed by atoms with Crippen LogP contribution in [0, 0.1) is 41.3 Å². The van der Waals surface area contributed by atoms with Crippen LogP contribution >= 0.6 is 15.9 Å². The molecule has 0 unspecified atom stereocenters. The van der Waals surface area contributed by atoms with Crippen LogP contribution in [-0.2, 0) is 18.5 Å². The first-order chi connectivity index (χ1) is 19.0. The summed E-state index contributed by atoms with van der Waals surface area (Å²) in [6, 6.07) is 9.25. The molecule has 0 aliphatic rings. The monoisotopic (exact) mass is 690 g/mol. The van der Waals surface area contributed by atoms with Gasteiger partial charge in [-0.15, -0.1) is 12.0 Å². The van der Waals surface area contributed by atoms with Gasteiger partial charge in [0.05, 0.1) is 0 Å². The van der Waals surface area contributed by atoms with E-state index < -0.39 is 66.3 Å². The molecule has 3 aromatic carbocycles. The quantitative estimate of drug-likeness (QED) is 0.125. The Bertz CT molecular complexity index is 1460. The van der Waals surface area contributed by atoms with Crippen LogP contribution in [0.3, 0.4) is 0 Å². The molecule has 0 atom stereocenters. The summed E-state index contributed by atoms with van der Waals surface area (Å²) in [5, 5.41) is 0. The van der Waals surface area contributed by atoms with Crippen LogP contribution < -0.4 is 0 Å². The van der Waals surface area contributed by atoms with Crippen molar-refractivity contribution in [1.29, 1.82) is 0 Å². The average Bonchev–Trinajstić information content (AvgIpc) is 2.80. The largest absolute Gasteiger partial charge is 0.420 e. The normalized spacial score (nSPS) is 11.6. The molecule has 0 nitrogen and oxygen atoms in total. The zero-order valence-corrected chi connectivity index (χ0v) is 24.3. The van der Waals surface area contributed by atoms with Gasteiger partial charge in [-0.1, -0.05) is 65.6 Å². The Morgan fingerprint density at radius 2 is 0.952 bits per heavy atom. The summed E-state index contributed by atoms with van der Waals surface area (Å²) in [5.41, 5.74) is -1.88. The van der Waals surface area contributed by atoms with Crippen LogP contribution in [-0.4, -0.2) is 8.07 Å². The van der Waals surface area contributed by atoms with Gasteiger partial charge in [-0.05, 0) is 36.4 Å². The van der Waals surface area contributed by atoms with E-state index >= 15 is 0 Å². The molecular formula is C28H19BrF12Si. The second kappa shape index (κ2) is 14.2. The van der Waals surface area contributed by atoms with Gasteiger partial charge in [-0.2, -0.15) is 39.5 Å². The Hall–Kier alpha value is -3.36. The molecule has 226 valence electrons. The molecule has 0 spiro atoms. The minimum atomic E-state index is -4.74. The molecule has 0 aromatic heterocycles. The summed E-state index contributed by atoms with van der Waals surface area (Å²) in [6.07, 6.45) is -9.31. The summed E-state index contributed by atoms with van der Waals surface area (Å²) >= 11 is 2.62. The summed E-state index contributed by atoms with van der Waals surface area (Å²) in [6.45, 7) is 5.73. The molecule has 0 saturated carbocycles. The Balaban J connectivity index is 0.000000321. The number of terminal acetylenes is 1. The second-order valence-electron chi connectivity index (χ2n) is 9.06. The van der Waals surface area contributed by atoms with Crippen molar-refractivity contribution in [2.24, 2.45) is 0 Å². The summed E-state index contributed by atoms with van der Waals surface area (Å²) < 4.78 is 149. The highest BCUT2D eigenvalue weighted by molar-refractivity contribution is 9.10. The maximum Gasteiger partial charge on any atom is 0.420 e. The van der Waals surface area contributed by atoms with Crippen LogP contribution in [0.1, 0.15) is 27.8 Å². The van der Waals surface area contributed by atoms with Crippen molar-refractivity contribution in [2.45, 2.75) is 38.2 Å². The molecular weight excluding hydrogens is 672 g/mol. The maximum absolute atomic E-state index is 13.2. The topological polar surface area (TPSA) is 0 Å². The van der Waals surface area contributed by atoms with Crippen molar-refractivity contribution in [3.8, 4) is 23.8 Å². The highest BCUT2D eigenvalue weighted by Crippen LogP contribution is 2.37. The molecule has 3 aromatic rings. The third-order valence-corrected chi connectivity index (χ3v) is 6.10. The van der Waals surface area contributed by atoms with Crippen LogP contribution in [0.4, 0.5) is 52.7 Å². The molecule has 0 amide bonds. The van der Waals surface area contributed by atoms with Gasteiger partial charge in [0, 0.05) is 15.6 Å². The number of halogens is 13. The fourth-order valence-corrected chi connectivity index (χ4v) is 3.95. The lowest BCUT2D eigenvalue weighted by atomic mass is 10.1. The van der Waals surface area contributed by atoms with Gasteiger partial charge in [-0.25, -0.2) is 13.2 Å². The van der Waals surface area contributed by atoms with E-state index in [0.717, 1.165) is 36.4 Å². The molecule has 0 N–H and O–H groups in total. The Labute approximate surface area is 242 Å². The molecule has 0 saturated heterocycles. The third kappa shape index (κ3) is 11.1. The van der Waals surface area contributed by atoms with Gasteiger partial charge < -0.3 is 0 Å². The van der Waals surface area contributed by atoms with E-state index in [0.29, 0.717) is 0 Å². The molecule has 0 heterocycles. The van der Waals surface area contributed by atoms with E-state index in [-0.39, 0.29) is 10.0 Å². The van der Waals surface area contributed by atoms with Crippen molar-refractivity contribution >= 4 is 24.0 Å². The standard InChI is InChI=1S/C12H12F4Si.C9H4F4.C7H3BrF4/c1-17(2,3)8-7-9-5-4-6-10(13)11(9)12(14,15)16;1-2-6-4-3-5-7(10)8(6)9(11,12)13;8-4-2-1-3-5(9)6(4)7(10,11)12/h4-6H,1-3H3;1,3-5H;1-3H. The molecule has 0 bridgehead atoms. The van der Waals surface area contributed by atoms with Crippen molar-refractivity contribution in [1.82, 2.24) is 0 Å². The number of benzene rings is 3. The van der Waals surface area contributed by atoms with Crippen molar-refractivity contribution < 1.29 is 52.7 Å². The lowest BCUT2D eigenvalue weighted by molar-refractivity contribution is -0.141. The number of hydrogen-bond acceptors (Lipinski definition) is 0. The lowest BCUT2D eigenvalue weighted by Gasteiger charge is -2.10. The van der Waals surface area contributed by atoms with Crippen LogP contribution in [0.2, 0.25) is 19.6 Å². The number of hydrogen-bond donors (Lipinski definition) is 0. The Morgan fingerprint density at radius 3 is 1.26 bits per heavy atom. The SMILES string of the molecule is C#Cc1cccc(F)c1C(F)(F)F.C[Si](C)(C)C#Cc1cccc(F)c1C(F)(F)F.Fc1cccc(Br)c1C(F)(F)F. The van der Waals surface area contributed by atoms with Crippen molar-refractivity contribution in [2.75, 3.05) is 0 Å². The van der Waals surface area contributed by atoms with Crippen LogP contribution in [0.25, 0.3) is 0 Å². The minimum Gasteiger partial charge on any atom is -0.206 e. The van der Waals surface area contributed by atoms with Gasteiger partial charge in [-0.3, -0.25) is 0 Å². The van der Waals surface area contributed by atoms with E-state index in [1.807, 2.05) is 19.6 Å². The highest BCUT2D eigenvalue weighted by Gasteiger charge is 2.38. The summed E-state index contributed by atoms with van der Waals surface area (Å²) in [4.78, 5) is 0. The van der Waals surface area contributed by atoms with E-state index in [1.54, 1.807) is 5.92 Å². The zero-order chi connectivity index (χ0) is 32.7. The Morgan fingerprint density at radius 1 is 0.595 bits per heavy atom. The first-order valence-electron chi connectivity index (χ1n) is 11.2.